The summed E-state index contributed by atoms with van der Waals surface area (Å²) in [5, 5.41) is 2.99. The second-order valence-electron chi connectivity index (χ2n) is 3.76. The van der Waals surface area contributed by atoms with Gasteiger partial charge in [0, 0.05) is 5.69 Å². The van der Waals surface area contributed by atoms with E-state index in [9.17, 15) is 4.79 Å². The van der Waals surface area contributed by atoms with E-state index in [1.54, 1.807) is 0 Å². The number of hydrogen-bond donors (Lipinski definition) is 1. The number of amides is 1. The van der Waals surface area contributed by atoms with Crippen molar-refractivity contribution in [2.24, 2.45) is 0 Å². The minimum atomic E-state index is -0.165. The summed E-state index contributed by atoms with van der Waals surface area (Å²) in [6, 6.07) is 6.17. The van der Waals surface area contributed by atoms with Crippen LogP contribution in [0.2, 0.25) is 0 Å². The summed E-state index contributed by atoms with van der Waals surface area (Å²) in [5.74, 6) is 0.00981. The summed E-state index contributed by atoms with van der Waals surface area (Å²) in [6.07, 6.45) is 1.86. The Balaban J connectivity index is 3.04. The molecule has 1 unspecified atom stereocenters. The second kappa shape index (κ2) is 6.04. The molecule has 0 saturated heterocycles. The lowest BCUT2D eigenvalue weighted by atomic mass is 10.0. The van der Waals surface area contributed by atoms with Crippen LogP contribution in [0.25, 0.3) is 0 Å². The second-order valence-corrected chi connectivity index (χ2v) is 5.14. The van der Waals surface area contributed by atoms with E-state index >= 15 is 0 Å². The zero-order chi connectivity index (χ0) is 12.1. The molecule has 2 nitrogen and oxygen atoms in total. The van der Waals surface area contributed by atoms with Gasteiger partial charge in [0.05, 0.1) is 4.83 Å². The molecule has 0 aliphatic rings. The molecular formula is C13H18BrNO. The van der Waals surface area contributed by atoms with Gasteiger partial charge in [-0.25, -0.2) is 0 Å². The topological polar surface area (TPSA) is 29.1 Å². The van der Waals surface area contributed by atoms with Gasteiger partial charge in [-0.3, -0.25) is 4.79 Å². The molecule has 0 saturated carbocycles. The largest absolute Gasteiger partial charge is 0.325 e. The fourth-order valence-electron chi connectivity index (χ4n) is 1.63. The number of para-hydroxylation sites is 1. The fourth-order valence-corrected chi connectivity index (χ4v) is 1.74. The lowest BCUT2D eigenvalue weighted by Gasteiger charge is -2.15. The Bertz CT molecular complexity index is 352. The Labute approximate surface area is 106 Å². The summed E-state index contributed by atoms with van der Waals surface area (Å²) in [5.41, 5.74) is 3.38. The van der Waals surface area contributed by atoms with Crippen LogP contribution in [0.3, 0.4) is 0 Å². The van der Waals surface area contributed by atoms with Crippen molar-refractivity contribution in [2.75, 3.05) is 5.32 Å². The van der Waals surface area contributed by atoms with Crippen LogP contribution in [0.4, 0.5) is 5.69 Å². The molecule has 1 aromatic rings. The maximum Gasteiger partial charge on any atom is 0.237 e. The van der Waals surface area contributed by atoms with E-state index in [0.717, 1.165) is 18.5 Å². The van der Waals surface area contributed by atoms with E-state index < -0.39 is 0 Å². The molecule has 1 aromatic carbocycles. The van der Waals surface area contributed by atoms with Gasteiger partial charge < -0.3 is 5.32 Å². The lowest BCUT2D eigenvalue weighted by Crippen LogP contribution is -2.21. The molecule has 1 rings (SSSR count). The average Bonchev–Trinajstić information content (AvgIpc) is 2.29. The number of nitrogens with one attached hydrogen (secondary N) is 1. The molecule has 1 atom stereocenters. The van der Waals surface area contributed by atoms with Gasteiger partial charge in [-0.05, 0) is 30.9 Å². The highest BCUT2D eigenvalue weighted by molar-refractivity contribution is 9.10. The number of halogens is 1. The van der Waals surface area contributed by atoms with Gasteiger partial charge in [0.15, 0.2) is 0 Å². The lowest BCUT2D eigenvalue weighted by molar-refractivity contribution is -0.115. The van der Waals surface area contributed by atoms with Crippen LogP contribution in [0, 0.1) is 0 Å². The Morgan fingerprint density at radius 2 is 1.81 bits per heavy atom. The molecule has 0 aliphatic carbocycles. The van der Waals surface area contributed by atoms with Crippen LogP contribution >= 0.6 is 15.9 Å². The maximum atomic E-state index is 11.7. The van der Waals surface area contributed by atoms with Crippen molar-refractivity contribution in [1.82, 2.24) is 0 Å². The number of rotatable bonds is 4. The van der Waals surface area contributed by atoms with Gasteiger partial charge in [-0.15, -0.1) is 0 Å². The molecule has 0 bridgehead atoms. The Morgan fingerprint density at radius 1 is 1.31 bits per heavy atom. The van der Waals surface area contributed by atoms with Crippen molar-refractivity contribution in [2.45, 2.75) is 38.4 Å². The minimum absolute atomic E-state index is 0.00981. The molecule has 3 heteroatoms. The molecule has 88 valence electrons. The van der Waals surface area contributed by atoms with Crippen LogP contribution in [0.15, 0.2) is 18.2 Å². The van der Waals surface area contributed by atoms with Gasteiger partial charge in [-0.2, -0.15) is 0 Å². The molecule has 1 N–H and O–H groups in total. The summed E-state index contributed by atoms with van der Waals surface area (Å²) in [6.45, 7) is 6.03. The Hall–Kier alpha value is -0.830. The zero-order valence-electron chi connectivity index (χ0n) is 10.0. The molecule has 16 heavy (non-hydrogen) atoms. The molecule has 0 spiro atoms. The number of alkyl halides is 1. The third-order valence-electron chi connectivity index (χ3n) is 2.61. The third-order valence-corrected chi connectivity index (χ3v) is 3.02. The minimum Gasteiger partial charge on any atom is -0.325 e. The summed E-state index contributed by atoms with van der Waals surface area (Å²) in [4.78, 5) is 11.5. The van der Waals surface area contributed by atoms with Crippen LogP contribution in [-0.4, -0.2) is 10.7 Å². The number of anilines is 1. The predicted molar refractivity (Wildman–Crippen MR) is 72.2 cm³/mol. The Morgan fingerprint density at radius 3 is 2.19 bits per heavy atom. The van der Waals surface area contributed by atoms with Gasteiger partial charge in [0.1, 0.15) is 0 Å². The fraction of sp³-hybridized carbons (Fsp3) is 0.462. The predicted octanol–water partition coefficient (Wildman–Crippen LogP) is 3.53. The van der Waals surface area contributed by atoms with E-state index in [4.69, 9.17) is 0 Å². The number of carbonyl (C=O) groups is 1. The summed E-state index contributed by atoms with van der Waals surface area (Å²) in [7, 11) is 0. The monoisotopic (exact) mass is 283 g/mol. The van der Waals surface area contributed by atoms with Crippen molar-refractivity contribution in [1.29, 1.82) is 0 Å². The van der Waals surface area contributed by atoms with Gasteiger partial charge in [0.2, 0.25) is 5.91 Å². The van der Waals surface area contributed by atoms with E-state index in [1.165, 1.54) is 11.1 Å². The van der Waals surface area contributed by atoms with E-state index in [2.05, 4.69) is 47.2 Å². The van der Waals surface area contributed by atoms with Gasteiger partial charge in [-0.1, -0.05) is 48.0 Å². The smallest absolute Gasteiger partial charge is 0.237 e. The molecule has 0 heterocycles. The van der Waals surface area contributed by atoms with Crippen LogP contribution < -0.4 is 5.32 Å². The molecule has 1 amide bonds. The first kappa shape index (κ1) is 13.2. The first-order valence-electron chi connectivity index (χ1n) is 5.65. The summed E-state index contributed by atoms with van der Waals surface area (Å²) < 4.78 is 0. The highest BCUT2D eigenvalue weighted by Crippen LogP contribution is 2.23. The number of hydrogen-bond acceptors (Lipinski definition) is 1. The van der Waals surface area contributed by atoms with Crippen molar-refractivity contribution < 1.29 is 4.79 Å². The SMILES string of the molecule is CCc1cccc(CC)c1NC(=O)C(C)Br. The van der Waals surface area contributed by atoms with Crippen molar-refractivity contribution in [3.05, 3.63) is 29.3 Å². The molecule has 0 aliphatic heterocycles. The highest BCUT2D eigenvalue weighted by atomic mass is 79.9. The normalized spacial score (nSPS) is 12.2. The van der Waals surface area contributed by atoms with Crippen LogP contribution in [-0.2, 0) is 17.6 Å². The van der Waals surface area contributed by atoms with E-state index in [-0.39, 0.29) is 10.7 Å². The maximum absolute atomic E-state index is 11.7. The quantitative estimate of drug-likeness (QED) is 0.842. The zero-order valence-corrected chi connectivity index (χ0v) is 11.6. The number of carbonyl (C=O) groups excluding carboxylic acids is 1. The van der Waals surface area contributed by atoms with E-state index in [0.29, 0.717) is 0 Å². The van der Waals surface area contributed by atoms with Gasteiger partial charge >= 0.3 is 0 Å². The molecule has 0 fully saturated rings. The van der Waals surface area contributed by atoms with Gasteiger partial charge in [0.25, 0.3) is 0 Å². The van der Waals surface area contributed by atoms with Crippen molar-refractivity contribution in [3.8, 4) is 0 Å². The third kappa shape index (κ3) is 3.08. The number of benzene rings is 1. The number of aryl methyl sites for hydroxylation is 2. The van der Waals surface area contributed by atoms with Crippen molar-refractivity contribution >= 4 is 27.5 Å². The molecule has 0 radical (unpaired) electrons. The van der Waals surface area contributed by atoms with Crippen LogP contribution in [0.1, 0.15) is 31.9 Å². The Kier molecular flexibility index (Phi) is 5.00. The molecule has 0 aromatic heterocycles. The first-order valence-corrected chi connectivity index (χ1v) is 6.57. The average molecular weight is 284 g/mol. The first-order chi connectivity index (χ1) is 7.60. The van der Waals surface area contributed by atoms with E-state index in [1.807, 2.05) is 13.0 Å². The summed E-state index contributed by atoms with van der Waals surface area (Å²) >= 11 is 3.28. The van der Waals surface area contributed by atoms with Crippen molar-refractivity contribution in [3.63, 3.8) is 0 Å². The highest BCUT2D eigenvalue weighted by Gasteiger charge is 2.13. The molecular weight excluding hydrogens is 266 g/mol. The standard InChI is InChI=1S/C13H18BrNO/c1-4-10-7-6-8-11(5-2)12(10)15-13(16)9(3)14/h6-9H,4-5H2,1-3H3,(H,15,16). The van der Waals surface area contributed by atoms with Crippen LogP contribution in [0.5, 0.6) is 0 Å².